The van der Waals surface area contributed by atoms with Crippen LogP contribution in [0.25, 0.3) is 0 Å². The highest BCUT2D eigenvalue weighted by Crippen LogP contribution is 2.25. The maximum Gasteiger partial charge on any atom is 0.243 e. The zero-order valence-corrected chi connectivity index (χ0v) is 15.8. The van der Waals surface area contributed by atoms with Gasteiger partial charge in [-0.2, -0.15) is 4.31 Å². The fourth-order valence-electron chi connectivity index (χ4n) is 1.79. The van der Waals surface area contributed by atoms with E-state index in [-0.39, 0.29) is 0 Å². The summed E-state index contributed by atoms with van der Waals surface area (Å²) >= 11 is 6.42. The summed E-state index contributed by atoms with van der Waals surface area (Å²) in [5.41, 5.74) is 0.987. The first-order valence-electron chi connectivity index (χ1n) is 6.41. The number of nitrogens with zero attached hydrogens (tertiary/aromatic N) is 1. The Morgan fingerprint density at radius 3 is 2.67 bits per heavy atom. The largest absolute Gasteiger partial charge is 0.312 e. The summed E-state index contributed by atoms with van der Waals surface area (Å²) in [6, 6.07) is 3.70. The normalized spacial score (nSPS) is 12.2. The van der Waals surface area contributed by atoms with Gasteiger partial charge in [-0.25, -0.2) is 8.42 Å². The van der Waals surface area contributed by atoms with Gasteiger partial charge in [0.25, 0.3) is 0 Å². The van der Waals surface area contributed by atoms with E-state index < -0.39 is 10.0 Å². The number of hydrogen-bond acceptors (Lipinski definition) is 5. The molecule has 8 heteroatoms. The highest BCUT2D eigenvalue weighted by atomic mass is 79.9. The van der Waals surface area contributed by atoms with Crippen molar-refractivity contribution < 1.29 is 8.42 Å². The number of nitrogens with one attached hydrogen (secondary N) is 1. The van der Waals surface area contributed by atoms with E-state index in [1.54, 1.807) is 29.8 Å². The van der Waals surface area contributed by atoms with Crippen molar-refractivity contribution in [2.45, 2.75) is 24.9 Å². The number of thiophene rings is 2. The average molecular weight is 409 g/mol. The van der Waals surface area contributed by atoms with Crippen molar-refractivity contribution in [1.82, 2.24) is 9.62 Å². The van der Waals surface area contributed by atoms with Crippen molar-refractivity contribution in [2.75, 3.05) is 13.6 Å². The van der Waals surface area contributed by atoms with Crippen LogP contribution < -0.4 is 5.32 Å². The average Bonchev–Trinajstić information content (AvgIpc) is 3.06. The molecule has 0 aliphatic rings. The third-order valence-electron chi connectivity index (χ3n) is 2.91. The SMILES string of the molecule is CCNCc1cc(S(=O)(=O)N(C)Cc2csc(Br)c2)cs1. The van der Waals surface area contributed by atoms with Crippen LogP contribution in [0, 0.1) is 0 Å². The standard InChI is InChI=1S/C13H17BrN2O2S3/c1-3-15-6-11-5-12(9-19-11)21(17,18)16(2)7-10-4-13(14)20-8-10/h4-5,8-9,15H,3,6-7H2,1-2H3. The highest BCUT2D eigenvalue weighted by Gasteiger charge is 2.22. The van der Waals surface area contributed by atoms with Crippen LogP contribution in [-0.2, 0) is 23.1 Å². The lowest BCUT2D eigenvalue weighted by atomic mass is 10.3. The smallest absolute Gasteiger partial charge is 0.243 e. The van der Waals surface area contributed by atoms with Crippen LogP contribution >= 0.6 is 38.6 Å². The zero-order valence-electron chi connectivity index (χ0n) is 11.8. The molecule has 2 rings (SSSR count). The van der Waals surface area contributed by atoms with Gasteiger partial charge in [0.15, 0.2) is 0 Å². The van der Waals surface area contributed by atoms with Crippen LogP contribution in [-0.4, -0.2) is 26.3 Å². The predicted octanol–water partition coefficient (Wildman–Crippen LogP) is 3.50. The van der Waals surface area contributed by atoms with Crippen molar-refractivity contribution in [3.05, 3.63) is 37.1 Å². The fourth-order valence-corrected chi connectivity index (χ4v) is 5.38. The molecule has 0 saturated carbocycles. The number of rotatable bonds is 7. The molecule has 0 fully saturated rings. The molecular weight excluding hydrogens is 392 g/mol. The molecular formula is C13H17BrN2O2S3. The van der Waals surface area contributed by atoms with Crippen molar-refractivity contribution >= 4 is 48.6 Å². The van der Waals surface area contributed by atoms with Crippen LogP contribution in [0.3, 0.4) is 0 Å². The maximum atomic E-state index is 12.5. The molecule has 0 radical (unpaired) electrons. The van der Waals surface area contributed by atoms with E-state index in [0.717, 1.165) is 20.8 Å². The van der Waals surface area contributed by atoms with E-state index in [2.05, 4.69) is 21.2 Å². The van der Waals surface area contributed by atoms with Gasteiger partial charge in [-0.15, -0.1) is 22.7 Å². The first-order chi connectivity index (χ1) is 9.93. The molecule has 0 spiro atoms. The lowest BCUT2D eigenvalue weighted by Gasteiger charge is -2.15. The molecule has 0 bridgehead atoms. The molecule has 21 heavy (non-hydrogen) atoms. The van der Waals surface area contributed by atoms with Gasteiger partial charge in [0.2, 0.25) is 10.0 Å². The number of hydrogen-bond donors (Lipinski definition) is 1. The Kier molecular flexibility index (Phi) is 5.98. The minimum atomic E-state index is -3.43. The first kappa shape index (κ1) is 17.1. The summed E-state index contributed by atoms with van der Waals surface area (Å²) in [6.07, 6.45) is 0. The molecule has 0 aliphatic heterocycles. The lowest BCUT2D eigenvalue weighted by Crippen LogP contribution is -2.26. The predicted molar refractivity (Wildman–Crippen MR) is 92.4 cm³/mol. The van der Waals surface area contributed by atoms with Gasteiger partial charge in [-0.1, -0.05) is 6.92 Å². The molecule has 116 valence electrons. The lowest BCUT2D eigenvalue weighted by molar-refractivity contribution is 0.467. The van der Waals surface area contributed by atoms with Crippen molar-refractivity contribution in [1.29, 1.82) is 0 Å². The summed E-state index contributed by atoms with van der Waals surface area (Å²) in [5.74, 6) is 0. The highest BCUT2D eigenvalue weighted by molar-refractivity contribution is 9.11. The Morgan fingerprint density at radius 1 is 1.29 bits per heavy atom. The molecule has 0 aromatic carbocycles. The van der Waals surface area contributed by atoms with E-state index in [1.807, 2.05) is 18.4 Å². The Morgan fingerprint density at radius 2 is 2.05 bits per heavy atom. The van der Waals surface area contributed by atoms with Crippen LogP contribution in [0.15, 0.2) is 31.6 Å². The Balaban J connectivity index is 2.11. The molecule has 0 unspecified atom stereocenters. The van der Waals surface area contributed by atoms with E-state index in [4.69, 9.17) is 0 Å². The summed E-state index contributed by atoms with van der Waals surface area (Å²) in [6.45, 7) is 3.98. The van der Waals surface area contributed by atoms with E-state index >= 15 is 0 Å². The third kappa shape index (κ3) is 4.37. The van der Waals surface area contributed by atoms with Gasteiger partial charge < -0.3 is 5.32 Å². The van der Waals surface area contributed by atoms with Gasteiger partial charge in [-0.05, 0) is 45.6 Å². The Labute approximate surface area is 142 Å². The summed E-state index contributed by atoms with van der Waals surface area (Å²) in [4.78, 5) is 1.40. The van der Waals surface area contributed by atoms with E-state index in [0.29, 0.717) is 18.0 Å². The van der Waals surface area contributed by atoms with Crippen LogP contribution in [0.1, 0.15) is 17.4 Å². The zero-order chi connectivity index (χ0) is 15.5. The second kappa shape index (κ2) is 7.34. The third-order valence-corrected chi connectivity index (χ3v) is 7.33. The summed E-state index contributed by atoms with van der Waals surface area (Å²) < 4.78 is 27.5. The molecule has 2 aromatic rings. The van der Waals surface area contributed by atoms with Gasteiger partial charge in [0, 0.05) is 30.4 Å². The molecule has 0 saturated heterocycles. The monoisotopic (exact) mass is 408 g/mol. The number of sulfonamides is 1. The molecule has 2 heterocycles. The van der Waals surface area contributed by atoms with E-state index in [1.165, 1.54) is 15.6 Å². The molecule has 1 N–H and O–H groups in total. The molecule has 0 aliphatic carbocycles. The first-order valence-corrected chi connectivity index (χ1v) is 10.4. The number of halogens is 1. The van der Waals surface area contributed by atoms with E-state index in [9.17, 15) is 8.42 Å². The minimum absolute atomic E-state index is 0.372. The van der Waals surface area contributed by atoms with Crippen molar-refractivity contribution in [3.63, 3.8) is 0 Å². The summed E-state index contributed by atoms with van der Waals surface area (Å²) in [5, 5.41) is 6.87. The molecule has 2 aromatic heterocycles. The molecule has 0 atom stereocenters. The van der Waals surface area contributed by atoms with Crippen LogP contribution in [0.5, 0.6) is 0 Å². The second-order valence-corrected chi connectivity index (χ2v) is 9.88. The van der Waals surface area contributed by atoms with Crippen LogP contribution in [0.4, 0.5) is 0 Å². The topological polar surface area (TPSA) is 49.4 Å². The molecule has 0 amide bonds. The van der Waals surface area contributed by atoms with Crippen molar-refractivity contribution in [2.24, 2.45) is 0 Å². The Bertz CT molecular complexity index is 694. The van der Waals surface area contributed by atoms with Gasteiger partial charge in [-0.3, -0.25) is 0 Å². The minimum Gasteiger partial charge on any atom is -0.312 e. The summed E-state index contributed by atoms with van der Waals surface area (Å²) in [7, 11) is -1.81. The fraction of sp³-hybridized carbons (Fsp3) is 0.385. The van der Waals surface area contributed by atoms with Crippen molar-refractivity contribution in [3.8, 4) is 0 Å². The Hall–Kier alpha value is -0.250. The second-order valence-electron chi connectivity index (χ2n) is 4.55. The van der Waals surface area contributed by atoms with Gasteiger partial charge in [0.05, 0.1) is 8.68 Å². The maximum absolute atomic E-state index is 12.5. The quantitative estimate of drug-likeness (QED) is 0.762. The molecule has 4 nitrogen and oxygen atoms in total. The van der Waals surface area contributed by atoms with Crippen LogP contribution in [0.2, 0.25) is 0 Å². The van der Waals surface area contributed by atoms with Gasteiger partial charge >= 0.3 is 0 Å². The van der Waals surface area contributed by atoms with Gasteiger partial charge in [0.1, 0.15) is 0 Å².